The van der Waals surface area contributed by atoms with E-state index in [1.807, 2.05) is 0 Å². The Morgan fingerprint density at radius 2 is 1.85 bits per heavy atom. The van der Waals surface area contributed by atoms with Crippen LogP contribution < -0.4 is 11.5 Å². The van der Waals surface area contributed by atoms with Gasteiger partial charge in [0.05, 0.1) is 13.2 Å². The van der Waals surface area contributed by atoms with Gasteiger partial charge in [-0.25, -0.2) is 0 Å². The Labute approximate surface area is 84.6 Å². The highest BCUT2D eigenvalue weighted by molar-refractivity contribution is 7.80. The first kappa shape index (κ1) is 12.8. The minimum absolute atomic E-state index is 0.503. The van der Waals surface area contributed by atoms with E-state index in [1.165, 1.54) is 0 Å². The highest BCUT2D eigenvalue weighted by atomic mass is 32.1. The third-order valence-corrected chi connectivity index (χ3v) is 1.66. The molecule has 0 fully saturated rings. The Balaban J connectivity index is 3.08. The number of thiocarbonyl (C=S) groups is 1. The molecule has 5 heteroatoms. The summed E-state index contributed by atoms with van der Waals surface area (Å²) in [5.41, 5.74) is 10.5. The molecule has 0 unspecified atom stereocenters. The summed E-state index contributed by atoms with van der Waals surface area (Å²) in [5, 5.41) is 0.613. The maximum atomic E-state index is 5.32. The molecule has 0 rings (SSSR count). The van der Waals surface area contributed by atoms with Crippen LogP contribution in [-0.4, -0.2) is 38.0 Å². The average molecular weight is 206 g/mol. The number of nitrogens with two attached hydrogens (primary N) is 2. The third-order valence-electron chi connectivity index (χ3n) is 1.34. The first-order chi connectivity index (χ1) is 6.31. The molecule has 0 radical (unpaired) electrons. The number of rotatable bonds is 8. The van der Waals surface area contributed by atoms with Gasteiger partial charge < -0.3 is 20.9 Å². The largest absolute Gasteiger partial charge is 0.485 e. The fourth-order valence-corrected chi connectivity index (χ4v) is 0.946. The molecule has 0 bridgehead atoms. The minimum atomic E-state index is 0.503. The van der Waals surface area contributed by atoms with E-state index in [9.17, 15) is 0 Å². The van der Waals surface area contributed by atoms with Crippen LogP contribution >= 0.6 is 12.2 Å². The van der Waals surface area contributed by atoms with Gasteiger partial charge in [-0.15, -0.1) is 0 Å². The van der Waals surface area contributed by atoms with E-state index in [0.29, 0.717) is 38.0 Å². The van der Waals surface area contributed by atoms with Crippen LogP contribution in [0.3, 0.4) is 0 Å². The molecule has 0 amide bonds. The molecule has 4 N–H and O–H groups in total. The van der Waals surface area contributed by atoms with Crippen molar-refractivity contribution in [2.75, 3.05) is 32.9 Å². The SMILES string of the molecule is NCCCC(=S)OCCOCCN. The van der Waals surface area contributed by atoms with Gasteiger partial charge in [0, 0.05) is 13.0 Å². The Kier molecular flexibility index (Phi) is 9.68. The summed E-state index contributed by atoms with van der Waals surface area (Å²) in [6.07, 6.45) is 1.63. The van der Waals surface area contributed by atoms with Gasteiger partial charge in [0.1, 0.15) is 6.61 Å². The number of hydrogen-bond acceptors (Lipinski definition) is 5. The second-order valence-corrected chi connectivity index (χ2v) is 2.97. The van der Waals surface area contributed by atoms with Crippen LogP contribution in [0.1, 0.15) is 12.8 Å². The molecule has 0 aliphatic rings. The second kappa shape index (κ2) is 9.85. The van der Waals surface area contributed by atoms with Gasteiger partial charge in [-0.1, -0.05) is 0 Å². The van der Waals surface area contributed by atoms with E-state index in [2.05, 4.69) is 0 Å². The first-order valence-corrected chi connectivity index (χ1v) is 4.85. The number of hydrogen-bond donors (Lipinski definition) is 2. The summed E-state index contributed by atoms with van der Waals surface area (Å²) in [6.45, 7) is 2.80. The predicted molar refractivity (Wildman–Crippen MR) is 56.7 cm³/mol. The van der Waals surface area contributed by atoms with Crippen LogP contribution in [0.15, 0.2) is 0 Å². The number of ether oxygens (including phenoxy) is 2. The third kappa shape index (κ3) is 9.69. The lowest BCUT2D eigenvalue weighted by molar-refractivity contribution is 0.102. The Hall–Kier alpha value is -0.230. The molecular formula is C8H18N2O2S. The molecule has 0 aromatic carbocycles. The zero-order chi connectivity index (χ0) is 9.94. The van der Waals surface area contributed by atoms with Crippen molar-refractivity contribution in [1.82, 2.24) is 0 Å². The molecule has 0 aliphatic carbocycles. The van der Waals surface area contributed by atoms with Crippen LogP contribution in [0.5, 0.6) is 0 Å². The lowest BCUT2D eigenvalue weighted by Gasteiger charge is -2.06. The average Bonchev–Trinajstić information content (AvgIpc) is 2.14. The van der Waals surface area contributed by atoms with E-state index >= 15 is 0 Å². The molecule has 13 heavy (non-hydrogen) atoms. The molecule has 0 heterocycles. The highest BCUT2D eigenvalue weighted by Gasteiger charge is 1.96. The molecule has 0 aliphatic heterocycles. The Morgan fingerprint density at radius 1 is 1.08 bits per heavy atom. The zero-order valence-corrected chi connectivity index (χ0v) is 8.65. The van der Waals surface area contributed by atoms with Crippen LogP contribution in [0, 0.1) is 0 Å². The highest BCUT2D eigenvalue weighted by Crippen LogP contribution is 1.93. The molecule has 78 valence electrons. The molecule has 0 aromatic heterocycles. The van der Waals surface area contributed by atoms with Crippen molar-refractivity contribution in [2.45, 2.75) is 12.8 Å². The Morgan fingerprint density at radius 3 is 2.46 bits per heavy atom. The maximum Gasteiger partial charge on any atom is 0.159 e. The lowest BCUT2D eigenvalue weighted by Crippen LogP contribution is -2.14. The van der Waals surface area contributed by atoms with Crippen molar-refractivity contribution in [1.29, 1.82) is 0 Å². The quantitative estimate of drug-likeness (QED) is 0.433. The van der Waals surface area contributed by atoms with E-state index in [4.69, 9.17) is 33.2 Å². The van der Waals surface area contributed by atoms with Crippen LogP contribution in [0.4, 0.5) is 0 Å². The summed E-state index contributed by atoms with van der Waals surface area (Å²) < 4.78 is 10.3. The first-order valence-electron chi connectivity index (χ1n) is 4.44. The van der Waals surface area contributed by atoms with E-state index in [0.717, 1.165) is 12.8 Å². The summed E-state index contributed by atoms with van der Waals surface area (Å²) in [5.74, 6) is 0. The van der Waals surface area contributed by atoms with Crippen molar-refractivity contribution in [3.63, 3.8) is 0 Å². The lowest BCUT2D eigenvalue weighted by atomic mass is 10.3. The summed E-state index contributed by atoms with van der Waals surface area (Å²) in [7, 11) is 0. The zero-order valence-electron chi connectivity index (χ0n) is 7.83. The van der Waals surface area contributed by atoms with Gasteiger partial charge >= 0.3 is 0 Å². The van der Waals surface area contributed by atoms with Crippen LogP contribution in [-0.2, 0) is 9.47 Å². The van der Waals surface area contributed by atoms with Gasteiger partial charge in [-0.05, 0) is 25.2 Å². The molecule has 0 aromatic rings. The van der Waals surface area contributed by atoms with Crippen molar-refractivity contribution in [3.05, 3.63) is 0 Å². The minimum Gasteiger partial charge on any atom is -0.485 e. The summed E-state index contributed by atoms with van der Waals surface area (Å²) in [6, 6.07) is 0. The van der Waals surface area contributed by atoms with Crippen LogP contribution in [0.2, 0.25) is 0 Å². The van der Waals surface area contributed by atoms with E-state index in [-0.39, 0.29) is 0 Å². The molecule has 0 saturated heterocycles. The van der Waals surface area contributed by atoms with E-state index < -0.39 is 0 Å². The van der Waals surface area contributed by atoms with Crippen molar-refractivity contribution in [2.24, 2.45) is 11.5 Å². The standard InChI is InChI=1S/C8H18N2O2S/c9-3-1-2-8(13)12-7-6-11-5-4-10/h1-7,9-10H2. The monoisotopic (exact) mass is 206 g/mol. The molecule has 0 spiro atoms. The molecule has 0 saturated carbocycles. The van der Waals surface area contributed by atoms with Gasteiger partial charge in [0.25, 0.3) is 0 Å². The smallest absolute Gasteiger partial charge is 0.159 e. The summed E-state index contributed by atoms with van der Waals surface area (Å²) in [4.78, 5) is 0. The van der Waals surface area contributed by atoms with Gasteiger partial charge in [0.15, 0.2) is 5.05 Å². The maximum absolute atomic E-state index is 5.32. The summed E-state index contributed by atoms with van der Waals surface area (Å²) >= 11 is 4.94. The van der Waals surface area contributed by atoms with Gasteiger partial charge in [0.2, 0.25) is 0 Å². The fraction of sp³-hybridized carbons (Fsp3) is 0.875. The normalized spacial score (nSPS) is 10.0. The topological polar surface area (TPSA) is 70.5 Å². The fourth-order valence-electron chi connectivity index (χ4n) is 0.718. The van der Waals surface area contributed by atoms with Crippen molar-refractivity contribution in [3.8, 4) is 0 Å². The molecular weight excluding hydrogens is 188 g/mol. The van der Waals surface area contributed by atoms with Crippen LogP contribution in [0.25, 0.3) is 0 Å². The predicted octanol–water partition coefficient (Wildman–Crippen LogP) is 0.0446. The van der Waals surface area contributed by atoms with Crippen molar-refractivity contribution >= 4 is 17.3 Å². The van der Waals surface area contributed by atoms with E-state index in [1.54, 1.807) is 0 Å². The second-order valence-electron chi connectivity index (χ2n) is 2.51. The van der Waals surface area contributed by atoms with Gasteiger partial charge in [-0.2, -0.15) is 0 Å². The molecule has 0 atom stereocenters. The van der Waals surface area contributed by atoms with Gasteiger partial charge in [-0.3, -0.25) is 0 Å². The Bertz CT molecular complexity index is 133. The molecule has 4 nitrogen and oxygen atoms in total. The van der Waals surface area contributed by atoms with Crippen molar-refractivity contribution < 1.29 is 9.47 Å².